The molecule has 10 unspecified atom stereocenters. The van der Waals surface area contributed by atoms with Crippen LogP contribution in [0, 0.1) is 56.7 Å². The van der Waals surface area contributed by atoms with Crippen LogP contribution in [0.5, 0.6) is 0 Å². The highest BCUT2D eigenvalue weighted by atomic mass is 16.3. The van der Waals surface area contributed by atoms with Crippen LogP contribution in [-0.4, -0.2) is 11.2 Å². The summed E-state index contributed by atoms with van der Waals surface area (Å²) >= 11 is 0. The van der Waals surface area contributed by atoms with Gasteiger partial charge in [0.1, 0.15) is 0 Å². The summed E-state index contributed by atoms with van der Waals surface area (Å²) in [6, 6.07) is 0. The van der Waals surface area contributed by atoms with Gasteiger partial charge in [0.05, 0.1) is 6.10 Å². The van der Waals surface area contributed by atoms with Crippen molar-refractivity contribution >= 4 is 0 Å². The molecule has 0 saturated heterocycles. The van der Waals surface area contributed by atoms with Crippen LogP contribution >= 0.6 is 0 Å². The van der Waals surface area contributed by atoms with E-state index in [0.29, 0.717) is 27.6 Å². The Morgan fingerprint density at radius 1 is 0.806 bits per heavy atom. The molecule has 4 saturated carbocycles. The van der Waals surface area contributed by atoms with Crippen molar-refractivity contribution in [2.45, 2.75) is 119 Å². The number of rotatable bonds is 0. The quantitative estimate of drug-likeness (QED) is 0.389. The van der Waals surface area contributed by atoms with Gasteiger partial charge in [-0.05, 0) is 109 Å². The van der Waals surface area contributed by atoms with Gasteiger partial charge in [0, 0.05) is 5.41 Å². The maximum atomic E-state index is 10.8. The second-order valence-corrected chi connectivity index (χ2v) is 14.7. The van der Waals surface area contributed by atoms with E-state index in [0.717, 1.165) is 30.1 Å². The molecule has 0 spiro atoms. The molecule has 4 fully saturated rings. The van der Waals surface area contributed by atoms with Crippen molar-refractivity contribution < 1.29 is 5.11 Å². The summed E-state index contributed by atoms with van der Waals surface area (Å²) in [5.41, 5.74) is 3.44. The van der Waals surface area contributed by atoms with Crippen molar-refractivity contribution in [1.29, 1.82) is 0 Å². The molecule has 0 heterocycles. The summed E-state index contributed by atoms with van der Waals surface area (Å²) in [5.74, 6) is 4.09. The Morgan fingerprint density at radius 3 is 2.19 bits per heavy atom. The molecule has 0 radical (unpaired) electrons. The minimum absolute atomic E-state index is 0.0446. The lowest BCUT2D eigenvalue weighted by molar-refractivity contribution is -0.238. The number of fused-ring (bicyclic) bond motifs is 7. The maximum Gasteiger partial charge on any atom is 0.0628 e. The van der Waals surface area contributed by atoms with E-state index in [9.17, 15) is 5.11 Å². The fraction of sp³-hybridized carbons (Fsp3) is 0.933. The van der Waals surface area contributed by atoms with Gasteiger partial charge < -0.3 is 5.11 Å². The average molecular weight is 427 g/mol. The van der Waals surface area contributed by atoms with Gasteiger partial charge in [-0.15, -0.1) is 0 Å². The van der Waals surface area contributed by atoms with Crippen molar-refractivity contribution in [3.05, 3.63) is 11.6 Å². The predicted molar refractivity (Wildman–Crippen MR) is 131 cm³/mol. The second kappa shape index (κ2) is 6.64. The van der Waals surface area contributed by atoms with E-state index in [4.69, 9.17) is 0 Å². The number of aliphatic hydroxyl groups is 1. The first-order valence-corrected chi connectivity index (χ1v) is 13.7. The van der Waals surface area contributed by atoms with E-state index in [1.54, 1.807) is 5.57 Å². The smallest absolute Gasteiger partial charge is 0.0628 e. The lowest BCUT2D eigenvalue weighted by Gasteiger charge is -2.73. The van der Waals surface area contributed by atoms with Crippen molar-refractivity contribution in [3.63, 3.8) is 0 Å². The van der Waals surface area contributed by atoms with Crippen LogP contribution in [0.4, 0.5) is 0 Å². The number of hydrogen-bond acceptors (Lipinski definition) is 1. The zero-order chi connectivity index (χ0) is 22.6. The summed E-state index contributed by atoms with van der Waals surface area (Å²) in [5, 5.41) is 10.8. The molecule has 0 aromatic heterocycles. The van der Waals surface area contributed by atoms with Crippen molar-refractivity contribution in [2.75, 3.05) is 0 Å². The van der Waals surface area contributed by atoms with E-state index in [1.807, 2.05) is 0 Å². The summed E-state index contributed by atoms with van der Waals surface area (Å²) < 4.78 is 0. The van der Waals surface area contributed by atoms with Crippen molar-refractivity contribution in [1.82, 2.24) is 0 Å². The maximum absolute atomic E-state index is 10.8. The first-order chi connectivity index (χ1) is 14.3. The molecule has 176 valence electrons. The Morgan fingerprint density at radius 2 is 1.48 bits per heavy atom. The SMILES string of the molecule is CC1CCC2(C)CCC3(C)C4CC=C5C(CCC(O)C5(C)C)C4(C)CCC3(C)C2C1C. The van der Waals surface area contributed by atoms with E-state index in [1.165, 1.54) is 51.4 Å². The van der Waals surface area contributed by atoms with Crippen LogP contribution in [0.2, 0.25) is 0 Å². The molecule has 5 rings (SSSR count). The van der Waals surface area contributed by atoms with Crippen LogP contribution < -0.4 is 0 Å². The second-order valence-electron chi connectivity index (χ2n) is 14.7. The third-order valence-corrected chi connectivity index (χ3v) is 13.4. The minimum atomic E-state index is -0.167. The van der Waals surface area contributed by atoms with Gasteiger partial charge in [0.2, 0.25) is 0 Å². The lowest BCUT2D eigenvalue weighted by Crippen LogP contribution is -2.66. The summed E-state index contributed by atoms with van der Waals surface area (Å²) in [4.78, 5) is 0. The Kier molecular flexibility index (Phi) is 4.82. The van der Waals surface area contributed by atoms with Gasteiger partial charge in [-0.1, -0.05) is 67.0 Å². The Hall–Kier alpha value is -0.300. The first kappa shape index (κ1) is 22.5. The normalized spacial score (nSPS) is 58.3. The molecule has 0 bridgehead atoms. The molecule has 1 nitrogen and oxygen atoms in total. The zero-order valence-corrected chi connectivity index (χ0v) is 21.9. The Bertz CT molecular complexity index is 779. The van der Waals surface area contributed by atoms with Crippen molar-refractivity contribution in [3.8, 4) is 0 Å². The molecular formula is C30H50O. The van der Waals surface area contributed by atoms with E-state index < -0.39 is 0 Å². The molecule has 0 amide bonds. The van der Waals surface area contributed by atoms with Gasteiger partial charge in [0.15, 0.2) is 0 Å². The van der Waals surface area contributed by atoms with Crippen LogP contribution in [0.3, 0.4) is 0 Å². The molecule has 0 aliphatic heterocycles. The molecular weight excluding hydrogens is 376 g/mol. The van der Waals surface area contributed by atoms with Gasteiger partial charge in [-0.3, -0.25) is 0 Å². The van der Waals surface area contributed by atoms with Crippen LogP contribution in [0.1, 0.15) is 113 Å². The zero-order valence-electron chi connectivity index (χ0n) is 21.9. The highest BCUT2D eigenvalue weighted by Gasteiger charge is 2.69. The largest absolute Gasteiger partial charge is 0.392 e. The molecule has 0 aromatic carbocycles. The van der Waals surface area contributed by atoms with Gasteiger partial charge in [0.25, 0.3) is 0 Å². The highest BCUT2D eigenvalue weighted by Crippen LogP contribution is 2.77. The van der Waals surface area contributed by atoms with E-state index in [2.05, 4.69) is 61.5 Å². The molecule has 1 N–H and O–H groups in total. The molecule has 1 heteroatoms. The monoisotopic (exact) mass is 426 g/mol. The van der Waals surface area contributed by atoms with Gasteiger partial charge >= 0.3 is 0 Å². The topological polar surface area (TPSA) is 20.2 Å². The molecule has 5 aliphatic carbocycles. The third kappa shape index (κ3) is 2.65. The van der Waals surface area contributed by atoms with Crippen LogP contribution in [0.25, 0.3) is 0 Å². The molecule has 31 heavy (non-hydrogen) atoms. The lowest BCUT2D eigenvalue weighted by atomic mass is 9.31. The van der Waals surface area contributed by atoms with Gasteiger partial charge in [-0.2, -0.15) is 0 Å². The predicted octanol–water partition coefficient (Wildman–Crippen LogP) is 8.02. The summed E-state index contributed by atoms with van der Waals surface area (Å²) in [6.07, 6.45) is 14.5. The van der Waals surface area contributed by atoms with Crippen molar-refractivity contribution in [2.24, 2.45) is 56.7 Å². The molecule has 5 aliphatic rings. The highest BCUT2D eigenvalue weighted by molar-refractivity contribution is 5.30. The standard InChI is InChI=1S/C30H50O/c1-19-13-14-27(5)15-17-29(7)23-11-9-21-22(10-12-24(31)26(21,3)4)28(23,6)16-18-30(29,8)25(27)20(19)2/h9,19-20,22-25,31H,10-18H2,1-8H3. The number of aliphatic hydroxyl groups excluding tert-OH is 1. The molecule has 10 atom stereocenters. The minimum Gasteiger partial charge on any atom is -0.392 e. The fourth-order valence-corrected chi connectivity index (χ4v) is 11.0. The van der Waals surface area contributed by atoms with E-state index in [-0.39, 0.29) is 11.5 Å². The molecule has 0 aromatic rings. The Balaban J connectivity index is 1.58. The third-order valence-electron chi connectivity index (χ3n) is 13.4. The summed E-state index contributed by atoms with van der Waals surface area (Å²) in [6.45, 7) is 20.6. The van der Waals surface area contributed by atoms with Gasteiger partial charge in [-0.25, -0.2) is 0 Å². The first-order valence-electron chi connectivity index (χ1n) is 13.7. The fourth-order valence-electron chi connectivity index (χ4n) is 11.0. The summed E-state index contributed by atoms with van der Waals surface area (Å²) in [7, 11) is 0. The Labute approximate surface area is 192 Å². The van der Waals surface area contributed by atoms with Crippen LogP contribution in [0.15, 0.2) is 11.6 Å². The van der Waals surface area contributed by atoms with E-state index >= 15 is 0 Å². The number of hydrogen-bond donors (Lipinski definition) is 1. The van der Waals surface area contributed by atoms with Crippen LogP contribution in [-0.2, 0) is 0 Å². The average Bonchev–Trinajstić information content (AvgIpc) is 2.70. The number of allylic oxidation sites excluding steroid dienone is 1.